The second-order valence-electron chi connectivity index (χ2n) is 6.78. The number of alkyl halides is 3. The van der Waals surface area contributed by atoms with Crippen LogP contribution in [0.4, 0.5) is 22.0 Å². The van der Waals surface area contributed by atoms with Gasteiger partial charge in [-0.05, 0) is 60.0 Å². The topological polar surface area (TPSA) is 38.3 Å². The molecule has 8 heteroatoms. The van der Waals surface area contributed by atoms with Gasteiger partial charge in [-0.3, -0.25) is 4.79 Å². The van der Waals surface area contributed by atoms with Crippen LogP contribution >= 0.6 is 0 Å². The number of benzene rings is 3. The van der Waals surface area contributed by atoms with E-state index in [2.05, 4.69) is 10.1 Å². The number of halogens is 5. The first kappa shape index (κ1) is 22.3. The summed E-state index contributed by atoms with van der Waals surface area (Å²) in [5, 5.41) is 2.66. The summed E-state index contributed by atoms with van der Waals surface area (Å²) in [6.45, 7) is 0.183. The van der Waals surface area contributed by atoms with E-state index < -0.39 is 29.7 Å². The van der Waals surface area contributed by atoms with E-state index in [-0.39, 0.29) is 18.0 Å². The van der Waals surface area contributed by atoms with Crippen molar-refractivity contribution in [1.29, 1.82) is 0 Å². The van der Waals surface area contributed by atoms with Crippen LogP contribution in [0, 0.1) is 11.6 Å². The zero-order chi connectivity index (χ0) is 22.4. The number of amides is 1. The molecule has 3 aromatic rings. The third-order valence-corrected chi connectivity index (χ3v) is 4.59. The fourth-order valence-corrected chi connectivity index (χ4v) is 3.18. The van der Waals surface area contributed by atoms with Crippen LogP contribution in [-0.4, -0.2) is 18.8 Å². The number of hydrogen-bond donors (Lipinski definition) is 1. The first-order valence-electron chi connectivity index (χ1n) is 9.36. The summed E-state index contributed by atoms with van der Waals surface area (Å²) >= 11 is 0. The molecule has 1 N–H and O–H groups in total. The number of nitrogens with one attached hydrogen (secondary N) is 1. The lowest BCUT2D eigenvalue weighted by Gasteiger charge is -2.19. The lowest BCUT2D eigenvalue weighted by atomic mass is 9.88. The summed E-state index contributed by atoms with van der Waals surface area (Å²) in [5.41, 5.74) is 1.58. The number of rotatable bonds is 7. The molecule has 0 aromatic heterocycles. The molecule has 0 saturated heterocycles. The van der Waals surface area contributed by atoms with Crippen molar-refractivity contribution >= 4 is 5.91 Å². The first-order chi connectivity index (χ1) is 14.7. The molecule has 0 atom stereocenters. The van der Waals surface area contributed by atoms with Gasteiger partial charge in [0.15, 0.2) is 0 Å². The Morgan fingerprint density at radius 2 is 1.42 bits per heavy atom. The summed E-state index contributed by atoms with van der Waals surface area (Å²) in [5.74, 6) is -2.09. The van der Waals surface area contributed by atoms with Gasteiger partial charge in [0, 0.05) is 18.0 Å². The van der Waals surface area contributed by atoms with Crippen LogP contribution < -0.4 is 10.1 Å². The molecular weight excluding hydrogens is 417 g/mol. The predicted octanol–water partition coefficient (Wildman–Crippen LogP) is 5.82. The highest BCUT2D eigenvalue weighted by Crippen LogP contribution is 2.28. The van der Waals surface area contributed by atoms with E-state index in [1.807, 2.05) is 0 Å². The Balaban J connectivity index is 1.69. The van der Waals surface area contributed by atoms with E-state index in [0.717, 1.165) is 23.3 Å². The molecular formula is C23H18F5NO2. The molecule has 162 valence electrons. The molecule has 0 spiro atoms. The highest BCUT2D eigenvalue weighted by Gasteiger charge is 2.31. The average Bonchev–Trinajstić information content (AvgIpc) is 2.72. The normalized spacial score (nSPS) is 11.4. The zero-order valence-electron chi connectivity index (χ0n) is 16.1. The SMILES string of the molecule is O=C(NCCC(c1ccc(F)cc1)c1ccc(F)cc1)c1cccc(OC(F)(F)F)c1. The Morgan fingerprint density at radius 3 is 1.94 bits per heavy atom. The standard InChI is InChI=1S/C23H18F5NO2/c24-18-8-4-15(5-9-18)21(16-6-10-19(25)11-7-16)12-13-29-22(30)17-2-1-3-20(14-17)31-23(26,27)28/h1-11,14,21H,12-13H2,(H,29,30). The van der Waals surface area contributed by atoms with E-state index in [0.29, 0.717) is 6.42 Å². The van der Waals surface area contributed by atoms with E-state index in [4.69, 9.17) is 0 Å². The lowest BCUT2D eigenvalue weighted by molar-refractivity contribution is -0.274. The molecule has 3 rings (SSSR count). The van der Waals surface area contributed by atoms with E-state index in [9.17, 15) is 26.7 Å². The summed E-state index contributed by atoms with van der Waals surface area (Å²) < 4.78 is 67.5. The van der Waals surface area contributed by atoms with E-state index in [1.165, 1.54) is 36.4 Å². The fraction of sp³-hybridized carbons (Fsp3) is 0.174. The van der Waals surface area contributed by atoms with Crippen LogP contribution in [0.1, 0.15) is 33.8 Å². The summed E-state index contributed by atoms with van der Waals surface area (Å²) in [4.78, 5) is 12.4. The monoisotopic (exact) mass is 435 g/mol. The molecule has 3 aromatic carbocycles. The van der Waals surface area contributed by atoms with E-state index >= 15 is 0 Å². The summed E-state index contributed by atoms with van der Waals surface area (Å²) in [6, 6.07) is 16.5. The number of carbonyl (C=O) groups excluding carboxylic acids is 1. The molecule has 3 nitrogen and oxygen atoms in total. The molecule has 0 saturated carbocycles. The van der Waals surface area contributed by atoms with Crippen molar-refractivity contribution in [2.75, 3.05) is 6.54 Å². The van der Waals surface area contributed by atoms with Gasteiger partial charge in [0.1, 0.15) is 17.4 Å². The molecule has 0 aliphatic carbocycles. The minimum Gasteiger partial charge on any atom is -0.406 e. The molecule has 0 aliphatic rings. The Kier molecular flexibility index (Phi) is 6.89. The van der Waals surface area contributed by atoms with Crippen molar-refractivity contribution in [3.05, 3.63) is 101 Å². The van der Waals surface area contributed by atoms with Gasteiger partial charge in [-0.1, -0.05) is 30.3 Å². The molecule has 0 aliphatic heterocycles. The van der Waals surface area contributed by atoms with Crippen molar-refractivity contribution in [3.8, 4) is 5.75 Å². The second kappa shape index (κ2) is 9.59. The second-order valence-corrected chi connectivity index (χ2v) is 6.78. The predicted molar refractivity (Wildman–Crippen MR) is 105 cm³/mol. The van der Waals surface area contributed by atoms with Gasteiger partial charge in [0.25, 0.3) is 5.91 Å². The number of carbonyl (C=O) groups is 1. The van der Waals surface area contributed by atoms with Gasteiger partial charge in [-0.2, -0.15) is 0 Å². The largest absolute Gasteiger partial charge is 0.573 e. The average molecular weight is 435 g/mol. The van der Waals surface area contributed by atoms with Gasteiger partial charge in [-0.25, -0.2) is 8.78 Å². The van der Waals surface area contributed by atoms with Crippen molar-refractivity contribution in [1.82, 2.24) is 5.32 Å². The Labute approximate surface area is 175 Å². The molecule has 0 heterocycles. The Hall–Kier alpha value is -3.42. The maximum absolute atomic E-state index is 13.3. The zero-order valence-corrected chi connectivity index (χ0v) is 16.1. The minimum atomic E-state index is -4.85. The minimum absolute atomic E-state index is 0.0156. The third kappa shape index (κ3) is 6.53. The first-order valence-corrected chi connectivity index (χ1v) is 9.36. The molecule has 0 fully saturated rings. The van der Waals surface area contributed by atoms with Crippen molar-refractivity contribution in [2.45, 2.75) is 18.7 Å². The maximum atomic E-state index is 13.3. The van der Waals surface area contributed by atoms with Crippen molar-refractivity contribution < 1.29 is 31.5 Å². The molecule has 0 bridgehead atoms. The molecule has 0 unspecified atom stereocenters. The lowest BCUT2D eigenvalue weighted by Crippen LogP contribution is -2.26. The summed E-state index contributed by atoms with van der Waals surface area (Å²) in [6.07, 6.45) is -4.45. The van der Waals surface area contributed by atoms with Gasteiger partial charge < -0.3 is 10.1 Å². The van der Waals surface area contributed by atoms with Gasteiger partial charge >= 0.3 is 6.36 Å². The quantitative estimate of drug-likeness (QED) is 0.476. The van der Waals surface area contributed by atoms with Crippen LogP contribution in [0.5, 0.6) is 5.75 Å². The third-order valence-electron chi connectivity index (χ3n) is 4.59. The number of ether oxygens (including phenoxy) is 1. The van der Waals surface area contributed by atoms with Crippen LogP contribution in [-0.2, 0) is 0 Å². The van der Waals surface area contributed by atoms with Gasteiger partial charge in [0.05, 0.1) is 0 Å². The van der Waals surface area contributed by atoms with Crippen molar-refractivity contribution in [3.63, 3.8) is 0 Å². The Bertz CT molecular complexity index is 972. The van der Waals surface area contributed by atoms with Crippen LogP contribution in [0.2, 0.25) is 0 Å². The molecule has 0 radical (unpaired) electrons. The highest BCUT2D eigenvalue weighted by atomic mass is 19.4. The van der Waals surface area contributed by atoms with Gasteiger partial charge in [0.2, 0.25) is 0 Å². The molecule has 31 heavy (non-hydrogen) atoms. The highest BCUT2D eigenvalue weighted by molar-refractivity contribution is 5.94. The maximum Gasteiger partial charge on any atom is 0.573 e. The Morgan fingerprint density at radius 1 is 0.871 bits per heavy atom. The van der Waals surface area contributed by atoms with Crippen LogP contribution in [0.15, 0.2) is 72.8 Å². The van der Waals surface area contributed by atoms with Crippen LogP contribution in [0.3, 0.4) is 0 Å². The molecule has 1 amide bonds. The van der Waals surface area contributed by atoms with Crippen molar-refractivity contribution in [2.24, 2.45) is 0 Å². The number of hydrogen-bond acceptors (Lipinski definition) is 2. The van der Waals surface area contributed by atoms with E-state index in [1.54, 1.807) is 24.3 Å². The van der Waals surface area contributed by atoms with Crippen LogP contribution in [0.25, 0.3) is 0 Å². The summed E-state index contributed by atoms with van der Waals surface area (Å²) in [7, 11) is 0. The van der Waals surface area contributed by atoms with Gasteiger partial charge in [-0.15, -0.1) is 13.2 Å². The smallest absolute Gasteiger partial charge is 0.406 e. The fourth-order valence-electron chi connectivity index (χ4n) is 3.18.